The largest absolute Gasteiger partial charge is 0.573 e. The standard InChI is InChI=1S/C17H15ClF3N3O4S/c18-15-6-1-12(11-22-15)16(25)23-7-9-24(10-8-23)29(26,27)14-4-2-13(3-5-14)28-17(19,20)21/h1-6,11H,7-10H2. The fraction of sp³-hybridized carbons (Fsp3) is 0.294. The van der Waals surface area contributed by atoms with Crippen molar-refractivity contribution in [2.45, 2.75) is 11.3 Å². The molecule has 7 nitrogen and oxygen atoms in total. The summed E-state index contributed by atoms with van der Waals surface area (Å²) in [6.07, 6.45) is -3.51. The van der Waals surface area contributed by atoms with Crippen LogP contribution in [0.4, 0.5) is 13.2 Å². The molecule has 0 radical (unpaired) electrons. The van der Waals surface area contributed by atoms with Gasteiger partial charge in [0.25, 0.3) is 5.91 Å². The monoisotopic (exact) mass is 449 g/mol. The van der Waals surface area contributed by atoms with Crippen molar-refractivity contribution >= 4 is 27.5 Å². The lowest BCUT2D eigenvalue weighted by Crippen LogP contribution is -2.50. The lowest BCUT2D eigenvalue weighted by Gasteiger charge is -2.34. The Labute approximate surface area is 169 Å². The number of amides is 1. The van der Waals surface area contributed by atoms with Gasteiger partial charge in [-0.25, -0.2) is 13.4 Å². The van der Waals surface area contributed by atoms with Crippen LogP contribution in [0.3, 0.4) is 0 Å². The Balaban J connectivity index is 1.65. The number of piperazine rings is 1. The van der Waals surface area contributed by atoms with Crippen molar-refractivity contribution in [3.63, 3.8) is 0 Å². The zero-order valence-corrected chi connectivity index (χ0v) is 16.3. The first kappa shape index (κ1) is 21.3. The average molecular weight is 450 g/mol. The van der Waals surface area contributed by atoms with Gasteiger partial charge in [0.15, 0.2) is 0 Å². The molecule has 3 rings (SSSR count). The molecule has 2 heterocycles. The summed E-state index contributed by atoms with van der Waals surface area (Å²) in [6.45, 7) is 0.428. The molecule has 0 spiro atoms. The first-order valence-electron chi connectivity index (χ1n) is 8.33. The van der Waals surface area contributed by atoms with Crippen LogP contribution < -0.4 is 4.74 Å². The molecular weight excluding hydrogens is 435 g/mol. The highest BCUT2D eigenvalue weighted by Gasteiger charge is 2.32. The molecule has 0 bridgehead atoms. The molecule has 156 valence electrons. The molecule has 1 saturated heterocycles. The molecule has 0 saturated carbocycles. The van der Waals surface area contributed by atoms with E-state index in [2.05, 4.69) is 9.72 Å². The Hall–Kier alpha value is -2.37. The first-order chi connectivity index (χ1) is 13.6. The average Bonchev–Trinajstić information content (AvgIpc) is 2.67. The Bertz CT molecular complexity index is 974. The van der Waals surface area contributed by atoms with Crippen LogP contribution in [0.25, 0.3) is 0 Å². The van der Waals surface area contributed by atoms with Crippen molar-refractivity contribution in [1.82, 2.24) is 14.2 Å². The Morgan fingerprint density at radius 2 is 1.66 bits per heavy atom. The van der Waals surface area contributed by atoms with E-state index in [0.29, 0.717) is 5.56 Å². The second-order valence-corrected chi connectivity index (χ2v) is 8.41. The molecule has 1 aliphatic heterocycles. The number of carbonyl (C=O) groups is 1. The van der Waals surface area contributed by atoms with E-state index < -0.39 is 22.1 Å². The molecule has 1 aromatic carbocycles. The van der Waals surface area contributed by atoms with Crippen LogP contribution in [0.5, 0.6) is 5.75 Å². The molecule has 1 amide bonds. The summed E-state index contributed by atoms with van der Waals surface area (Å²) in [5.74, 6) is -0.802. The smallest absolute Gasteiger partial charge is 0.406 e. The van der Waals surface area contributed by atoms with Crippen molar-refractivity contribution in [1.29, 1.82) is 0 Å². The number of nitrogens with zero attached hydrogens (tertiary/aromatic N) is 3. The molecule has 1 aliphatic rings. The number of pyridine rings is 1. The lowest BCUT2D eigenvalue weighted by molar-refractivity contribution is -0.274. The van der Waals surface area contributed by atoms with Gasteiger partial charge in [0.2, 0.25) is 10.0 Å². The molecule has 1 fully saturated rings. The van der Waals surface area contributed by atoms with Crippen LogP contribution in [0, 0.1) is 0 Å². The van der Waals surface area contributed by atoms with Crippen molar-refractivity contribution < 1.29 is 31.1 Å². The number of halogens is 4. The maximum absolute atomic E-state index is 12.7. The molecule has 12 heteroatoms. The minimum absolute atomic E-state index is 0.0515. The highest BCUT2D eigenvalue weighted by Crippen LogP contribution is 2.25. The van der Waals surface area contributed by atoms with Gasteiger partial charge in [-0.1, -0.05) is 11.6 Å². The predicted octanol–water partition coefficient (Wildman–Crippen LogP) is 2.78. The lowest BCUT2D eigenvalue weighted by atomic mass is 10.2. The number of hydrogen-bond donors (Lipinski definition) is 0. The summed E-state index contributed by atoms with van der Waals surface area (Å²) in [5, 5.41) is 0.254. The molecule has 0 unspecified atom stereocenters. The zero-order chi connectivity index (χ0) is 21.2. The third-order valence-corrected chi connectivity index (χ3v) is 6.33. The summed E-state index contributed by atoms with van der Waals surface area (Å²) in [5.41, 5.74) is 0.339. The summed E-state index contributed by atoms with van der Waals surface area (Å²) in [7, 11) is -3.91. The fourth-order valence-corrected chi connectivity index (χ4v) is 4.31. The summed E-state index contributed by atoms with van der Waals surface area (Å²) in [4.78, 5) is 17.6. The Kier molecular flexibility index (Phi) is 6.01. The van der Waals surface area contributed by atoms with Gasteiger partial charge in [-0.2, -0.15) is 4.31 Å². The van der Waals surface area contributed by atoms with Gasteiger partial charge in [-0.05, 0) is 36.4 Å². The normalized spacial score (nSPS) is 15.9. The minimum Gasteiger partial charge on any atom is -0.406 e. The highest BCUT2D eigenvalue weighted by molar-refractivity contribution is 7.89. The molecule has 0 atom stereocenters. The maximum Gasteiger partial charge on any atom is 0.573 e. The Morgan fingerprint density at radius 3 is 2.17 bits per heavy atom. The molecule has 1 aromatic heterocycles. The van der Waals surface area contributed by atoms with Gasteiger partial charge in [0.1, 0.15) is 10.9 Å². The van der Waals surface area contributed by atoms with Gasteiger partial charge in [-0.15, -0.1) is 13.2 Å². The quantitative estimate of drug-likeness (QED) is 0.671. The second-order valence-electron chi connectivity index (χ2n) is 6.09. The summed E-state index contributed by atoms with van der Waals surface area (Å²) >= 11 is 5.70. The number of hydrogen-bond acceptors (Lipinski definition) is 5. The Morgan fingerprint density at radius 1 is 1.03 bits per heavy atom. The van der Waals surface area contributed by atoms with Gasteiger partial charge < -0.3 is 9.64 Å². The van der Waals surface area contributed by atoms with E-state index in [0.717, 1.165) is 24.3 Å². The van der Waals surface area contributed by atoms with Crippen molar-refractivity contribution in [2.75, 3.05) is 26.2 Å². The molecule has 29 heavy (non-hydrogen) atoms. The van der Waals surface area contributed by atoms with E-state index in [1.165, 1.54) is 27.5 Å². The number of sulfonamides is 1. The van der Waals surface area contributed by atoms with E-state index in [1.807, 2.05) is 0 Å². The van der Waals surface area contributed by atoms with Crippen molar-refractivity contribution in [3.8, 4) is 5.75 Å². The van der Waals surface area contributed by atoms with Crippen molar-refractivity contribution in [3.05, 3.63) is 53.3 Å². The predicted molar refractivity (Wildman–Crippen MR) is 97.0 cm³/mol. The zero-order valence-electron chi connectivity index (χ0n) is 14.8. The topological polar surface area (TPSA) is 79.8 Å². The highest BCUT2D eigenvalue weighted by atomic mass is 35.5. The van der Waals surface area contributed by atoms with Crippen molar-refractivity contribution in [2.24, 2.45) is 0 Å². The van der Waals surface area contributed by atoms with Gasteiger partial charge in [0, 0.05) is 32.4 Å². The van der Waals surface area contributed by atoms with E-state index >= 15 is 0 Å². The molecule has 0 aliphatic carbocycles. The molecule has 0 N–H and O–H groups in total. The van der Waals surface area contributed by atoms with Gasteiger partial charge in [-0.3, -0.25) is 4.79 Å². The summed E-state index contributed by atoms with van der Waals surface area (Å²) in [6, 6.07) is 7.00. The number of alkyl halides is 3. The first-order valence-corrected chi connectivity index (χ1v) is 10.1. The third-order valence-electron chi connectivity index (χ3n) is 4.20. The van der Waals surface area contributed by atoms with Crippen LogP contribution in [-0.2, 0) is 10.0 Å². The third kappa shape index (κ3) is 5.17. The van der Waals surface area contributed by atoms with Crippen LogP contribution in [0.15, 0.2) is 47.5 Å². The van der Waals surface area contributed by atoms with Crippen LogP contribution in [0.2, 0.25) is 5.15 Å². The van der Waals surface area contributed by atoms with E-state index in [1.54, 1.807) is 0 Å². The van der Waals surface area contributed by atoms with Crippen LogP contribution >= 0.6 is 11.6 Å². The van der Waals surface area contributed by atoms with Crippen LogP contribution in [0.1, 0.15) is 10.4 Å². The second kappa shape index (κ2) is 8.17. The SMILES string of the molecule is O=C(c1ccc(Cl)nc1)N1CCN(S(=O)(=O)c2ccc(OC(F)(F)F)cc2)CC1. The van der Waals surface area contributed by atoms with Gasteiger partial charge in [0.05, 0.1) is 10.5 Å². The molecular formula is C17H15ClF3N3O4S. The number of aromatic nitrogens is 1. The van der Waals surface area contributed by atoms with E-state index in [9.17, 15) is 26.4 Å². The van der Waals surface area contributed by atoms with Crippen LogP contribution in [-0.4, -0.2) is 61.1 Å². The van der Waals surface area contributed by atoms with E-state index in [4.69, 9.17) is 11.6 Å². The van der Waals surface area contributed by atoms with Gasteiger partial charge >= 0.3 is 6.36 Å². The summed E-state index contributed by atoms with van der Waals surface area (Å²) < 4.78 is 67.0. The number of ether oxygens (including phenoxy) is 1. The minimum atomic E-state index is -4.86. The number of carbonyl (C=O) groups excluding carboxylic acids is 1. The number of benzene rings is 1. The fourth-order valence-electron chi connectivity index (χ4n) is 2.78. The molecule has 2 aromatic rings. The maximum atomic E-state index is 12.7. The number of rotatable bonds is 4. The van der Waals surface area contributed by atoms with E-state index in [-0.39, 0.29) is 42.1 Å².